The molecule has 2 atom stereocenters. The maximum atomic E-state index is 13.0. The van der Waals surface area contributed by atoms with E-state index in [2.05, 4.69) is 10.6 Å². The molecule has 2 N–H and O–H groups in total. The number of anilines is 1. The van der Waals surface area contributed by atoms with Crippen LogP contribution in [-0.2, 0) is 0 Å². The number of carbonyl (C=O) groups excluding carboxylic acids is 2. The molecule has 0 aliphatic carbocycles. The first-order valence-electron chi connectivity index (χ1n) is 10.5. The Balaban J connectivity index is 1.40. The van der Waals surface area contributed by atoms with Crippen molar-refractivity contribution < 1.29 is 9.59 Å². The maximum Gasteiger partial charge on any atom is 0.322 e. The number of hydrogen-bond acceptors (Lipinski definition) is 2. The number of benzene rings is 2. The molecule has 2 aliphatic rings. The van der Waals surface area contributed by atoms with Crippen molar-refractivity contribution in [3.05, 3.63) is 65.2 Å². The summed E-state index contributed by atoms with van der Waals surface area (Å²) in [5.74, 6) is -0.0226. The SMILES string of the molecule is Cc1ccc(NC(=O)N2C3CCCC2CC(NC(=O)c2ccc(C)cc2)C3)cc1. The quantitative estimate of drug-likeness (QED) is 0.800. The van der Waals surface area contributed by atoms with Crippen molar-refractivity contribution in [2.75, 3.05) is 5.32 Å². The van der Waals surface area contributed by atoms with Gasteiger partial charge in [0.15, 0.2) is 0 Å². The summed E-state index contributed by atoms with van der Waals surface area (Å²) in [6.45, 7) is 4.05. The summed E-state index contributed by atoms with van der Waals surface area (Å²) in [6.07, 6.45) is 4.76. The minimum absolute atomic E-state index is 0.0214. The molecule has 29 heavy (non-hydrogen) atoms. The molecular weight excluding hydrogens is 362 g/mol. The molecule has 5 nitrogen and oxygen atoms in total. The van der Waals surface area contributed by atoms with Gasteiger partial charge in [-0.05, 0) is 70.2 Å². The van der Waals surface area contributed by atoms with Crippen molar-refractivity contribution >= 4 is 17.6 Å². The van der Waals surface area contributed by atoms with E-state index in [1.165, 1.54) is 5.56 Å². The Labute approximate surface area is 172 Å². The Morgan fingerprint density at radius 2 is 1.41 bits per heavy atom. The minimum atomic E-state index is -0.0226. The van der Waals surface area contributed by atoms with Gasteiger partial charge in [-0.3, -0.25) is 4.79 Å². The van der Waals surface area contributed by atoms with Gasteiger partial charge in [0, 0.05) is 29.4 Å². The van der Waals surface area contributed by atoms with E-state index in [0.717, 1.165) is 43.4 Å². The highest BCUT2D eigenvalue weighted by Gasteiger charge is 2.41. The lowest BCUT2D eigenvalue weighted by molar-refractivity contribution is 0.0577. The zero-order valence-corrected chi connectivity index (χ0v) is 17.2. The van der Waals surface area contributed by atoms with Gasteiger partial charge in [0.05, 0.1) is 0 Å². The van der Waals surface area contributed by atoms with Crippen LogP contribution >= 0.6 is 0 Å². The molecule has 2 aliphatic heterocycles. The molecule has 2 saturated heterocycles. The van der Waals surface area contributed by atoms with E-state index >= 15 is 0 Å². The Bertz CT molecular complexity index is 862. The molecule has 2 aromatic rings. The van der Waals surface area contributed by atoms with Crippen molar-refractivity contribution in [2.24, 2.45) is 0 Å². The van der Waals surface area contributed by atoms with E-state index in [1.807, 2.05) is 67.3 Å². The maximum absolute atomic E-state index is 13.0. The zero-order chi connectivity index (χ0) is 20.4. The third kappa shape index (κ3) is 4.44. The van der Waals surface area contributed by atoms with Gasteiger partial charge in [0.2, 0.25) is 0 Å². The highest BCUT2D eigenvalue weighted by Crippen LogP contribution is 2.34. The van der Waals surface area contributed by atoms with Crippen molar-refractivity contribution in [1.29, 1.82) is 0 Å². The molecule has 2 aromatic carbocycles. The van der Waals surface area contributed by atoms with E-state index in [-0.39, 0.29) is 30.1 Å². The van der Waals surface area contributed by atoms with E-state index in [4.69, 9.17) is 0 Å². The van der Waals surface area contributed by atoms with Crippen LogP contribution in [0.5, 0.6) is 0 Å². The van der Waals surface area contributed by atoms with Crippen LogP contribution in [0.3, 0.4) is 0 Å². The van der Waals surface area contributed by atoms with Crippen molar-refractivity contribution in [3.63, 3.8) is 0 Å². The third-order valence-corrected chi connectivity index (χ3v) is 6.16. The fourth-order valence-corrected chi connectivity index (χ4v) is 4.63. The number of nitrogens with zero attached hydrogens (tertiary/aromatic N) is 1. The van der Waals surface area contributed by atoms with Gasteiger partial charge < -0.3 is 15.5 Å². The Morgan fingerprint density at radius 3 is 2.00 bits per heavy atom. The lowest BCUT2D eigenvalue weighted by Gasteiger charge is -2.48. The topological polar surface area (TPSA) is 61.4 Å². The zero-order valence-electron chi connectivity index (χ0n) is 17.2. The fourth-order valence-electron chi connectivity index (χ4n) is 4.63. The first kappa shape index (κ1) is 19.5. The minimum Gasteiger partial charge on any atom is -0.349 e. The summed E-state index contributed by atoms with van der Waals surface area (Å²) in [5.41, 5.74) is 3.84. The van der Waals surface area contributed by atoms with Gasteiger partial charge in [-0.2, -0.15) is 0 Å². The van der Waals surface area contributed by atoms with Gasteiger partial charge in [0.25, 0.3) is 5.91 Å². The largest absolute Gasteiger partial charge is 0.349 e. The second-order valence-corrected chi connectivity index (χ2v) is 8.45. The highest BCUT2D eigenvalue weighted by atomic mass is 16.2. The highest BCUT2D eigenvalue weighted by molar-refractivity contribution is 5.94. The van der Waals surface area contributed by atoms with Crippen LogP contribution in [0.2, 0.25) is 0 Å². The number of nitrogens with one attached hydrogen (secondary N) is 2. The van der Waals surface area contributed by atoms with Gasteiger partial charge in [0.1, 0.15) is 0 Å². The van der Waals surface area contributed by atoms with Gasteiger partial charge in [-0.15, -0.1) is 0 Å². The molecule has 0 aromatic heterocycles. The van der Waals surface area contributed by atoms with Gasteiger partial charge in [-0.25, -0.2) is 4.79 Å². The Kier molecular flexibility index (Phi) is 5.56. The lowest BCUT2D eigenvalue weighted by Crippen LogP contribution is -2.59. The number of piperidine rings is 2. The molecule has 0 spiro atoms. The van der Waals surface area contributed by atoms with E-state index in [0.29, 0.717) is 5.56 Å². The molecule has 3 amide bonds. The van der Waals surface area contributed by atoms with Crippen LogP contribution in [0.4, 0.5) is 10.5 Å². The normalized spacial score (nSPS) is 23.4. The molecule has 2 fully saturated rings. The summed E-state index contributed by atoms with van der Waals surface area (Å²) < 4.78 is 0. The molecule has 2 bridgehead atoms. The van der Waals surface area contributed by atoms with Crippen molar-refractivity contribution in [1.82, 2.24) is 10.2 Å². The van der Waals surface area contributed by atoms with Crippen LogP contribution in [0, 0.1) is 13.8 Å². The molecule has 0 radical (unpaired) electrons. The number of amides is 3. The molecule has 2 heterocycles. The van der Waals surface area contributed by atoms with E-state index in [9.17, 15) is 9.59 Å². The second-order valence-electron chi connectivity index (χ2n) is 8.45. The van der Waals surface area contributed by atoms with Crippen LogP contribution in [0.1, 0.15) is 53.6 Å². The van der Waals surface area contributed by atoms with E-state index in [1.54, 1.807) is 0 Å². The van der Waals surface area contributed by atoms with Crippen LogP contribution in [-0.4, -0.2) is 35.0 Å². The number of rotatable bonds is 3. The summed E-state index contributed by atoms with van der Waals surface area (Å²) in [5, 5.41) is 6.26. The van der Waals surface area contributed by atoms with Crippen LogP contribution in [0.15, 0.2) is 48.5 Å². The lowest BCUT2D eigenvalue weighted by atomic mass is 9.82. The number of carbonyl (C=O) groups is 2. The summed E-state index contributed by atoms with van der Waals surface area (Å²) in [4.78, 5) is 27.6. The number of hydrogen-bond donors (Lipinski definition) is 2. The average Bonchev–Trinajstić information content (AvgIpc) is 2.69. The molecule has 0 saturated carbocycles. The monoisotopic (exact) mass is 391 g/mol. The Morgan fingerprint density at radius 1 is 0.862 bits per heavy atom. The number of urea groups is 1. The average molecular weight is 392 g/mol. The first-order valence-corrected chi connectivity index (χ1v) is 10.5. The second kappa shape index (κ2) is 8.27. The molecule has 5 heteroatoms. The summed E-state index contributed by atoms with van der Waals surface area (Å²) >= 11 is 0. The summed E-state index contributed by atoms with van der Waals surface area (Å²) in [7, 11) is 0. The predicted octanol–water partition coefficient (Wildman–Crippen LogP) is 4.65. The number of fused-ring (bicyclic) bond motifs is 2. The smallest absolute Gasteiger partial charge is 0.322 e. The molecule has 2 unspecified atom stereocenters. The molecule has 4 rings (SSSR count). The van der Waals surface area contributed by atoms with E-state index < -0.39 is 0 Å². The van der Waals surface area contributed by atoms with Gasteiger partial charge >= 0.3 is 6.03 Å². The number of aryl methyl sites for hydroxylation is 2. The predicted molar refractivity (Wildman–Crippen MR) is 115 cm³/mol. The Hall–Kier alpha value is -2.82. The van der Waals surface area contributed by atoms with Gasteiger partial charge in [-0.1, -0.05) is 35.4 Å². The third-order valence-electron chi connectivity index (χ3n) is 6.16. The first-order chi connectivity index (χ1) is 14.0. The van der Waals surface area contributed by atoms with Crippen molar-refractivity contribution in [3.8, 4) is 0 Å². The van der Waals surface area contributed by atoms with Crippen molar-refractivity contribution in [2.45, 2.75) is 64.1 Å². The summed E-state index contributed by atoms with van der Waals surface area (Å²) in [6, 6.07) is 16.0. The molecule has 152 valence electrons. The van der Waals surface area contributed by atoms with Crippen LogP contribution in [0.25, 0.3) is 0 Å². The standard InChI is InChI=1S/C24H29N3O2/c1-16-6-10-18(11-7-16)23(28)25-20-14-21-4-3-5-22(15-20)27(21)24(29)26-19-12-8-17(2)9-13-19/h6-13,20-22H,3-5,14-15H2,1-2H3,(H,25,28)(H,26,29). The molecular formula is C24H29N3O2. The van der Waals surface area contributed by atoms with Crippen LogP contribution < -0.4 is 10.6 Å². The fraction of sp³-hybridized carbons (Fsp3) is 0.417.